The maximum absolute atomic E-state index is 10.5. The summed E-state index contributed by atoms with van der Waals surface area (Å²) in [6, 6.07) is 8.43. The van der Waals surface area contributed by atoms with E-state index < -0.39 is 0 Å². The maximum atomic E-state index is 10.5. The highest BCUT2D eigenvalue weighted by molar-refractivity contribution is 5.65. The van der Waals surface area contributed by atoms with Gasteiger partial charge in [-0.1, -0.05) is 29.8 Å². The Morgan fingerprint density at radius 2 is 1.93 bits per heavy atom. The number of aryl methyl sites for hydroxylation is 2. The lowest BCUT2D eigenvalue weighted by Crippen LogP contribution is -2.01. The number of hydrogen-bond donors (Lipinski definition) is 0. The molecule has 0 radical (unpaired) electrons. The molecule has 1 rings (SSSR count). The molecule has 0 N–H and O–H groups in total. The molecule has 0 aliphatic heterocycles. The molecule has 2 nitrogen and oxygen atoms in total. The number of esters is 1. The van der Waals surface area contributed by atoms with Crippen molar-refractivity contribution in [3.05, 3.63) is 35.4 Å². The van der Waals surface area contributed by atoms with Crippen LogP contribution in [0.2, 0.25) is 0 Å². The van der Waals surface area contributed by atoms with Crippen LogP contribution in [0, 0.1) is 6.92 Å². The van der Waals surface area contributed by atoms with Gasteiger partial charge in [0, 0.05) is 6.92 Å². The maximum Gasteiger partial charge on any atom is 0.302 e. The van der Waals surface area contributed by atoms with Gasteiger partial charge >= 0.3 is 5.97 Å². The Morgan fingerprint density at radius 3 is 2.50 bits per heavy atom. The van der Waals surface area contributed by atoms with E-state index in [9.17, 15) is 4.79 Å². The second kappa shape index (κ2) is 5.43. The molecule has 0 saturated heterocycles. The Hall–Kier alpha value is -1.31. The lowest BCUT2D eigenvalue weighted by atomic mass is 10.1. The summed E-state index contributed by atoms with van der Waals surface area (Å²) >= 11 is 0. The summed E-state index contributed by atoms with van der Waals surface area (Å²) in [5, 5.41) is 0. The van der Waals surface area contributed by atoms with Crippen LogP contribution in [-0.4, -0.2) is 12.6 Å². The third kappa shape index (κ3) is 4.08. The Morgan fingerprint density at radius 1 is 1.29 bits per heavy atom. The number of benzene rings is 1. The minimum absolute atomic E-state index is 0.200. The predicted molar refractivity (Wildman–Crippen MR) is 56.1 cm³/mol. The topological polar surface area (TPSA) is 26.3 Å². The SMILES string of the molecule is CC(=O)OCCCc1ccc(C)cc1. The second-order valence-electron chi connectivity index (χ2n) is 3.43. The summed E-state index contributed by atoms with van der Waals surface area (Å²) in [6.45, 7) is 4.03. The molecule has 0 spiro atoms. The Balaban J connectivity index is 2.25. The average Bonchev–Trinajstić information content (AvgIpc) is 2.15. The van der Waals surface area contributed by atoms with Gasteiger partial charge in [-0.05, 0) is 25.3 Å². The monoisotopic (exact) mass is 192 g/mol. The number of rotatable bonds is 4. The van der Waals surface area contributed by atoms with Crippen LogP contribution in [0.25, 0.3) is 0 Å². The van der Waals surface area contributed by atoms with E-state index in [-0.39, 0.29) is 5.97 Å². The smallest absolute Gasteiger partial charge is 0.302 e. The zero-order valence-electron chi connectivity index (χ0n) is 8.75. The zero-order valence-corrected chi connectivity index (χ0v) is 8.75. The van der Waals surface area contributed by atoms with Gasteiger partial charge in [-0.3, -0.25) is 4.79 Å². The molecule has 0 aliphatic carbocycles. The summed E-state index contributed by atoms with van der Waals surface area (Å²) in [7, 11) is 0. The van der Waals surface area contributed by atoms with Crippen molar-refractivity contribution in [3.8, 4) is 0 Å². The molecule has 14 heavy (non-hydrogen) atoms. The molecule has 0 heterocycles. The van der Waals surface area contributed by atoms with Crippen molar-refractivity contribution in [2.75, 3.05) is 6.61 Å². The van der Waals surface area contributed by atoms with E-state index in [0.717, 1.165) is 12.8 Å². The molecule has 2 heteroatoms. The van der Waals surface area contributed by atoms with E-state index in [0.29, 0.717) is 6.61 Å². The number of carbonyl (C=O) groups excluding carboxylic acids is 1. The fraction of sp³-hybridized carbons (Fsp3) is 0.417. The first-order valence-electron chi connectivity index (χ1n) is 4.87. The summed E-state index contributed by atoms with van der Waals surface area (Å²) in [6.07, 6.45) is 1.86. The van der Waals surface area contributed by atoms with Crippen molar-refractivity contribution in [1.29, 1.82) is 0 Å². The van der Waals surface area contributed by atoms with Gasteiger partial charge in [-0.25, -0.2) is 0 Å². The molecule has 0 unspecified atom stereocenters. The third-order valence-corrected chi connectivity index (χ3v) is 2.04. The summed E-state index contributed by atoms with van der Waals surface area (Å²) in [5.41, 5.74) is 2.57. The highest BCUT2D eigenvalue weighted by Crippen LogP contribution is 2.05. The van der Waals surface area contributed by atoms with E-state index in [1.54, 1.807) is 0 Å². The van der Waals surface area contributed by atoms with Gasteiger partial charge in [0.05, 0.1) is 6.61 Å². The van der Waals surface area contributed by atoms with Gasteiger partial charge in [-0.15, -0.1) is 0 Å². The number of hydrogen-bond acceptors (Lipinski definition) is 2. The van der Waals surface area contributed by atoms with Crippen LogP contribution in [-0.2, 0) is 16.0 Å². The van der Waals surface area contributed by atoms with Crippen LogP contribution in [0.3, 0.4) is 0 Å². The van der Waals surface area contributed by atoms with E-state index in [4.69, 9.17) is 4.74 Å². The minimum Gasteiger partial charge on any atom is -0.466 e. The standard InChI is InChI=1S/C12H16O2/c1-10-5-7-12(8-6-10)4-3-9-14-11(2)13/h5-8H,3-4,9H2,1-2H3. The van der Waals surface area contributed by atoms with Crippen molar-refractivity contribution in [2.24, 2.45) is 0 Å². The summed E-state index contributed by atoms with van der Waals surface area (Å²) < 4.78 is 4.85. The lowest BCUT2D eigenvalue weighted by molar-refractivity contribution is -0.141. The largest absolute Gasteiger partial charge is 0.466 e. The molecule has 0 saturated carbocycles. The van der Waals surface area contributed by atoms with Crippen LogP contribution >= 0.6 is 0 Å². The first kappa shape index (κ1) is 10.8. The van der Waals surface area contributed by atoms with Gasteiger partial charge in [-0.2, -0.15) is 0 Å². The predicted octanol–water partition coefficient (Wildman–Crippen LogP) is 2.49. The molecular formula is C12H16O2. The minimum atomic E-state index is -0.200. The Bertz CT molecular complexity index is 288. The van der Waals surface area contributed by atoms with E-state index in [1.807, 2.05) is 0 Å². The van der Waals surface area contributed by atoms with Crippen LogP contribution in [0.5, 0.6) is 0 Å². The normalized spacial score (nSPS) is 9.86. The van der Waals surface area contributed by atoms with Crippen LogP contribution in [0.4, 0.5) is 0 Å². The van der Waals surface area contributed by atoms with E-state index >= 15 is 0 Å². The van der Waals surface area contributed by atoms with E-state index in [2.05, 4.69) is 31.2 Å². The van der Waals surface area contributed by atoms with Gasteiger partial charge in [0.1, 0.15) is 0 Å². The van der Waals surface area contributed by atoms with Crippen molar-refractivity contribution in [2.45, 2.75) is 26.7 Å². The zero-order chi connectivity index (χ0) is 10.4. The van der Waals surface area contributed by atoms with Crippen LogP contribution < -0.4 is 0 Å². The van der Waals surface area contributed by atoms with Crippen LogP contribution in [0.15, 0.2) is 24.3 Å². The van der Waals surface area contributed by atoms with Gasteiger partial charge < -0.3 is 4.74 Å². The molecular weight excluding hydrogens is 176 g/mol. The summed E-state index contributed by atoms with van der Waals surface area (Å²) in [5.74, 6) is -0.200. The Kier molecular flexibility index (Phi) is 4.17. The number of carbonyl (C=O) groups is 1. The van der Waals surface area contributed by atoms with Crippen molar-refractivity contribution >= 4 is 5.97 Å². The second-order valence-corrected chi connectivity index (χ2v) is 3.43. The lowest BCUT2D eigenvalue weighted by Gasteiger charge is -2.02. The fourth-order valence-electron chi connectivity index (χ4n) is 1.25. The molecule has 0 aromatic heterocycles. The van der Waals surface area contributed by atoms with Crippen molar-refractivity contribution < 1.29 is 9.53 Å². The quantitative estimate of drug-likeness (QED) is 0.541. The molecule has 0 aliphatic rings. The van der Waals surface area contributed by atoms with E-state index in [1.165, 1.54) is 18.1 Å². The van der Waals surface area contributed by atoms with Crippen molar-refractivity contribution in [1.82, 2.24) is 0 Å². The van der Waals surface area contributed by atoms with Gasteiger partial charge in [0.2, 0.25) is 0 Å². The highest BCUT2D eigenvalue weighted by Gasteiger charge is 1.95. The average molecular weight is 192 g/mol. The first-order chi connectivity index (χ1) is 6.68. The van der Waals surface area contributed by atoms with Crippen LogP contribution in [0.1, 0.15) is 24.5 Å². The Labute approximate surface area is 84.9 Å². The summed E-state index contributed by atoms with van der Waals surface area (Å²) in [4.78, 5) is 10.5. The van der Waals surface area contributed by atoms with Gasteiger partial charge in [0.25, 0.3) is 0 Å². The number of ether oxygens (including phenoxy) is 1. The molecule has 76 valence electrons. The molecule has 0 fully saturated rings. The van der Waals surface area contributed by atoms with Crippen molar-refractivity contribution in [3.63, 3.8) is 0 Å². The molecule has 0 bridgehead atoms. The fourth-order valence-corrected chi connectivity index (χ4v) is 1.25. The van der Waals surface area contributed by atoms with Gasteiger partial charge in [0.15, 0.2) is 0 Å². The molecule has 0 atom stereocenters. The third-order valence-electron chi connectivity index (χ3n) is 2.04. The highest BCUT2D eigenvalue weighted by atomic mass is 16.5. The first-order valence-corrected chi connectivity index (χ1v) is 4.87. The molecule has 0 amide bonds. The molecule has 1 aromatic rings. The molecule has 1 aromatic carbocycles.